The Balaban J connectivity index is 1.36. The fourth-order valence-corrected chi connectivity index (χ4v) is 5.11. The zero-order valence-electron chi connectivity index (χ0n) is 20.3. The van der Waals surface area contributed by atoms with Gasteiger partial charge in [0.2, 0.25) is 0 Å². The Morgan fingerprint density at radius 1 is 1.18 bits per heavy atom. The minimum absolute atomic E-state index is 0.0307. The number of nitrogens with zero attached hydrogens (tertiary/aromatic N) is 4. The lowest BCUT2D eigenvalue weighted by Gasteiger charge is -2.29. The summed E-state index contributed by atoms with van der Waals surface area (Å²) in [5.74, 6) is -1.23. The number of rotatable bonds is 5. The molecule has 0 aliphatic carbocycles. The highest BCUT2D eigenvalue weighted by Gasteiger charge is 2.50. The van der Waals surface area contributed by atoms with Crippen LogP contribution in [0.2, 0.25) is 5.02 Å². The van der Waals surface area contributed by atoms with E-state index < -0.39 is 11.4 Å². The van der Waals surface area contributed by atoms with E-state index in [9.17, 15) is 9.59 Å². The number of nitrogens with one attached hydrogen (secondary N) is 2. The molecule has 4 aromatic rings. The van der Waals surface area contributed by atoms with Gasteiger partial charge in [-0.3, -0.25) is 19.6 Å². The second kappa shape index (κ2) is 9.52. The first-order valence-corrected chi connectivity index (χ1v) is 12.3. The normalized spacial score (nSPS) is 14.7. The van der Waals surface area contributed by atoms with Crippen molar-refractivity contribution in [1.82, 2.24) is 15.5 Å². The van der Waals surface area contributed by atoms with E-state index >= 15 is 4.39 Å². The lowest BCUT2D eigenvalue weighted by atomic mass is 10.0. The van der Waals surface area contributed by atoms with Gasteiger partial charge < -0.3 is 10.2 Å². The van der Waals surface area contributed by atoms with Gasteiger partial charge in [0.15, 0.2) is 5.11 Å². The lowest BCUT2D eigenvalue weighted by molar-refractivity contribution is -0.120. The molecule has 8 nitrogen and oxygen atoms in total. The van der Waals surface area contributed by atoms with Gasteiger partial charge in [-0.25, -0.2) is 4.39 Å². The highest BCUT2D eigenvalue weighted by molar-refractivity contribution is 7.81. The van der Waals surface area contributed by atoms with E-state index in [2.05, 4.69) is 15.5 Å². The Morgan fingerprint density at radius 2 is 1.95 bits per heavy atom. The summed E-state index contributed by atoms with van der Waals surface area (Å²) < 4.78 is 15.2. The van der Waals surface area contributed by atoms with Crippen molar-refractivity contribution in [2.45, 2.75) is 25.9 Å². The Labute approximate surface area is 227 Å². The Bertz CT molecular complexity index is 1680. The predicted octanol–water partition coefficient (Wildman–Crippen LogP) is 5.07. The predicted molar refractivity (Wildman–Crippen MR) is 146 cm³/mol. The second-order valence-electron chi connectivity index (χ2n) is 9.22. The maximum absolute atomic E-state index is 15.2. The van der Waals surface area contributed by atoms with Crippen molar-refractivity contribution in [3.05, 3.63) is 88.3 Å². The van der Waals surface area contributed by atoms with Gasteiger partial charge in [0.1, 0.15) is 17.4 Å². The first-order chi connectivity index (χ1) is 18.1. The number of H-pyrrole nitrogens is 1. The van der Waals surface area contributed by atoms with Crippen LogP contribution >= 0.6 is 23.8 Å². The van der Waals surface area contributed by atoms with Crippen LogP contribution in [0.25, 0.3) is 10.9 Å². The molecule has 1 fully saturated rings. The highest BCUT2D eigenvalue weighted by Crippen LogP contribution is 2.37. The summed E-state index contributed by atoms with van der Waals surface area (Å²) in [5.41, 5.74) is 1.46. The fraction of sp³-hybridized carbons (Fsp3) is 0.148. The number of halogens is 2. The Morgan fingerprint density at radius 3 is 2.66 bits per heavy atom. The Kier molecular flexibility index (Phi) is 6.34. The van der Waals surface area contributed by atoms with Crippen LogP contribution in [0.4, 0.5) is 15.8 Å². The third kappa shape index (κ3) is 4.26. The maximum Gasteiger partial charge on any atom is 0.259 e. The first-order valence-electron chi connectivity index (χ1n) is 11.5. The molecule has 0 radical (unpaired) electrons. The van der Waals surface area contributed by atoms with E-state index in [0.29, 0.717) is 16.9 Å². The molecule has 190 valence electrons. The molecule has 1 aliphatic rings. The smallest absolute Gasteiger partial charge is 0.259 e. The molecule has 2 amide bonds. The first kappa shape index (κ1) is 25.3. The van der Waals surface area contributed by atoms with Gasteiger partial charge >= 0.3 is 0 Å². The van der Waals surface area contributed by atoms with Crippen molar-refractivity contribution < 1.29 is 14.0 Å². The van der Waals surface area contributed by atoms with E-state index in [-0.39, 0.29) is 39.6 Å². The van der Waals surface area contributed by atoms with E-state index in [1.807, 2.05) is 6.07 Å². The standard InChI is InChI=1S/C27H20ClFN6O2S/c1-27(2)25(37)34(19-6-3-16(12-30)21(28)10-19)26(38)35(27)20-7-4-17(22(29)11-20)13-31-24(36)15-5-8-23-18(9-15)14-32-33-23/h3-11,14H,13H2,1-2H3,(H,31,36)(H,32,33). The molecular weight excluding hydrogens is 527 g/mol. The topological polar surface area (TPSA) is 105 Å². The maximum atomic E-state index is 15.2. The van der Waals surface area contributed by atoms with E-state index in [1.165, 1.54) is 23.1 Å². The molecule has 38 heavy (non-hydrogen) atoms. The molecule has 2 N–H and O–H groups in total. The Hall–Kier alpha value is -4.33. The molecule has 5 rings (SSSR count). The van der Waals surface area contributed by atoms with Crippen LogP contribution in [0.5, 0.6) is 0 Å². The van der Waals surface area contributed by atoms with Crippen molar-refractivity contribution in [1.29, 1.82) is 5.26 Å². The molecule has 1 saturated heterocycles. The van der Waals surface area contributed by atoms with Gasteiger partial charge in [-0.15, -0.1) is 0 Å². The van der Waals surface area contributed by atoms with Gasteiger partial charge in [-0.1, -0.05) is 17.7 Å². The highest BCUT2D eigenvalue weighted by atomic mass is 35.5. The van der Waals surface area contributed by atoms with Crippen molar-refractivity contribution >= 4 is 63.0 Å². The van der Waals surface area contributed by atoms with Crippen molar-refractivity contribution in [3.63, 3.8) is 0 Å². The third-order valence-corrected chi connectivity index (χ3v) is 7.11. The number of benzene rings is 3. The summed E-state index contributed by atoms with van der Waals surface area (Å²) in [5, 5.41) is 19.8. The quantitative estimate of drug-likeness (QED) is 0.338. The van der Waals surface area contributed by atoms with Gasteiger partial charge in [-0.05, 0) is 74.6 Å². The largest absolute Gasteiger partial charge is 0.348 e. The lowest BCUT2D eigenvalue weighted by Crippen LogP contribution is -2.44. The molecule has 2 heterocycles. The minimum atomic E-state index is -1.12. The second-order valence-corrected chi connectivity index (χ2v) is 10.00. The number of thiocarbonyl (C=S) groups is 1. The zero-order chi connectivity index (χ0) is 27.2. The molecule has 11 heteroatoms. The van der Waals surface area contributed by atoms with Crippen LogP contribution in [0, 0.1) is 17.1 Å². The molecule has 1 aromatic heterocycles. The number of aromatic nitrogens is 2. The van der Waals surface area contributed by atoms with Crippen molar-refractivity contribution in [2.75, 3.05) is 9.80 Å². The number of aromatic amines is 1. The van der Waals surface area contributed by atoms with Gasteiger partial charge in [-0.2, -0.15) is 10.4 Å². The van der Waals surface area contributed by atoms with E-state index in [4.69, 9.17) is 29.1 Å². The number of carbonyl (C=O) groups is 2. The number of fused-ring (bicyclic) bond motifs is 1. The molecular formula is C27H20ClFN6O2S. The van der Waals surface area contributed by atoms with Crippen molar-refractivity contribution in [3.8, 4) is 6.07 Å². The summed E-state index contributed by atoms with van der Waals surface area (Å²) >= 11 is 11.8. The molecule has 0 spiro atoms. The number of hydrogen-bond donors (Lipinski definition) is 2. The summed E-state index contributed by atoms with van der Waals surface area (Å²) in [6, 6.07) is 16.2. The summed E-state index contributed by atoms with van der Waals surface area (Å²) in [6.07, 6.45) is 1.62. The van der Waals surface area contributed by atoms with Gasteiger partial charge in [0, 0.05) is 28.7 Å². The van der Waals surface area contributed by atoms with Crippen LogP contribution in [-0.2, 0) is 11.3 Å². The summed E-state index contributed by atoms with van der Waals surface area (Å²) in [6.45, 7) is 3.35. The zero-order valence-corrected chi connectivity index (χ0v) is 21.8. The van der Waals surface area contributed by atoms with Crippen LogP contribution < -0.4 is 15.1 Å². The number of carbonyl (C=O) groups excluding carboxylic acids is 2. The van der Waals surface area contributed by atoms with Crippen LogP contribution in [0.15, 0.2) is 60.8 Å². The fourth-order valence-electron chi connectivity index (χ4n) is 4.37. The van der Waals surface area contributed by atoms with Gasteiger partial charge in [0.25, 0.3) is 11.8 Å². The van der Waals surface area contributed by atoms with E-state index in [1.54, 1.807) is 61.3 Å². The average Bonchev–Trinajstić information content (AvgIpc) is 3.42. The molecule has 0 atom stereocenters. The minimum Gasteiger partial charge on any atom is -0.348 e. The van der Waals surface area contributed by atoms with Crippen LogP contribution in [-0.4, -0.2) is 32.7 Å². The number of anilines is 2. The van der Waals surface area contributed by atoms with E-state index in [0.717, 1.165) is 10.9 Å². The third-order valence-electron chi connectivity index (χ3n) is 6.44. The number of hydrogen-bond acceptors (Lipinski definition) is 5. The molecule has 0 unspecified atom stereocenters. The number of nitriles is 1. The summed E-state index contributed by atoms with van der Waals surface area (Å²) in [7, 11) is 0. The molecule has 3 aromatic carbocycles. The average molecular weight is 547 g/mol. The van der Waals surface area contributed by atoms with Crippen LogP contribution in [0.3, 0.4) is 0 Å². The molecule has 0 bridgehead atoms. The molecule has 0 saturated carbocycles. The monoisotopic (exact) mass is 546 g/mol. The van der Waals surface area contributed by atoms with Crippen molar-refractivity contribution in [2.24, 2.45) is 0 Å². The van der Waals surface area contributed by atoms with Gasteiger partial charge in [0.05, 0.1) is 28.0 Å². The summed E-state index contributed by atoms with van der Waals surface area (Å²) in [4.78, 5) is 28.9. The molecule has 1 aliphatic heterocycles. The SMILES string of the molecule is CC1(C)C(=O)N(c2ccc(C#N)c(Cl)c2)C(=S)N1c1ccc(CNC(=O)c2ccc3[nH]ncc3c2)c(F)c1. The number of amides is 2. The van der Waals surface area contributed by atoms with Crippen LogP contribution in [0.1, 0.15) is 35.3 Å².